The molecule has 102 valence electrons. The summed E-state index contributed by atoms with van der Waals surface area (Å²) in [5, 5.41) is 2.97. The molecule has 0 amide bonds. The van der Waals surface area contributed by atoms with Gasteiger partial charge in [0.2, 0.25) is 5.96 Å². The summed E-state index contributed by atoms with van der Waals surface area (Å²) in [6.07, 6.45) is 0.790. The highest BCUT2D eigenvalue weighted by Gasteiger charge is 2.14. The quantitative estimate of drug-likeness (QED) is 0.216. The summed E-state index contributed by atoms with van der Waals surface area (Å²) in [5.74, 6) is -5.19. The van der Waals surface area contributed by atoms with Crippen LogP contribution in [0.25, 0.3) is 6.08 Å². The van der Waals surface area contributed by atoms with Gasteiger partial charge in [0.1, 0.15) is 5.82 Å². The van der Waals surface area contributed by atoms with Gasteiger partial charge in [0.25, 0.3) is 0 Å². The molecular weight excluding hydrogens is 263 g/mol. The number of halogens is 3. The van der Waals surface area contributed by atoms with Gasteiger partial charge >= 0.3 is 5.97 Å². The zero-order valence-electron chi connectivity index (χ0n) is 9.78. The summed E-state index contributed by atoms with van der Waals surface area (Å²) in [7, 11) is 0. The van der Waals surface area contributed by atoms with Gasteiger partial charge in [-0.15, -0.1) is 0 Å². The summed E-state index contributed by atoms with van der Waals surface area (Å²) in [4.78, 5) is 15.6. The molecule has 0 aliphatic carbocycles. The monoisotopic (exact) mass is 273 g/mol. The van der Waals surface area contributed by atoms with E-state index in [-0.39, 0.29) is 5.57 Å². The number of carbonyl (C=O) groups excluding carboxylic acids is 1. The number of carbonyl (C=O) groups is 1. The Balaban J connectivity index is 3.06. The Kier molecular flexibility index (Phi) is 4.51. The minimum absolute atomic E-state index is 0.214. The maximum absolute atomic E-state index is 13.3. The SMILES string of the molecule is C/C(=C\c1c(F)ccc(F)c1F)C(=O)ON=C(N)N. The van der Waals surface area contributed by atoms with Crippen molar-refractivity contribution in [3.05, 3.63) is 40.7 Å². The van der Waals surface area contributed by atoms with E-state index in [1.54, 1.807) is 0 Å². The zero-order valence-corrected chi connectivity index (χ0v) is 9.78. The zero-order chi connectivity index (χ0) is 14.6. The fourth-order valence-electron chi connectivity index (χ4n) is 1.12. The Labute approximate surface area is 106 Å². The Morgan fingerprint density at radius 1 is 1.26 bits per heavy atom. The first-order valence-electron chi connectivity index (χ1n) is 4.95. The Bertz CT molecular complexity index is 567. The van der Waals surface area contributed by atoms with E-state index in [0.717, 1.165) is 12.1 Å². The van der Waals surface area contributed by atoms with Gasteiger partial charge in [-0.1, -0.05) is 0 Å². The Hall–Kier alpha value is -2.51. The largest absolute Gasteiger partial charge is 0.367 e. The fourth-order valence-corrected chi connectivity index (χ4v) is 1.12. The lowest BCUT2D eigenvalue weighted by molar-refractivity contribution is -0.138. The van der Waals surface area contributed by atoms with E-state index in [1.807, 2.05) is 0 Å². The van der Waals surface area contributed by atoms with Crippen LogP contribution < -0.4 is 11.5 Å². The molecule has 19 heavy (non-hydrogen) atoms. The van der Waals surface area contributed by atoms with Crippen molar-refractivity contribution in [3.63, 3.8) is 0 Å². The summed E-state index contributed by atoms with van der Waals surface area (Å²) in [6.45, 7) is 1.20. The number of oxime groups is 1. The molecule has 0 aliphatic rings. The van der Waals surface area contributed by atoms with Gasteiger partial charge in [0.05, 0.1) is 0 Å². The van der Waals surface area contributed by atoms with Crippen molar-refractivity contribution in [2.24, 2.45) is 16.6 Å². The molecule has 8 heteroatoms. The van der Waals surface area contributed by atoms with Crippen molar-refractivity contribution in [3.8, 4) is 0 Å². The molecule has 1 rings (SSSR count). The van der Waals surface area contributed by atoms with Gasteiger partial charge in [0.15, 0.2) is 11.6 Å². The highest BCUT2D eigenvalue weighted by Crippen LogP contribution is 2.19. The van der Waals surface area contributed by atoms with E-state index in [9.17, 15) is 18.0 Å². The maximum atomic E-state index is 13.3. The van der Waals surface area contributed by atoms with Gasteiger partial charge in [-0.25, -0.2) is 18.0 Å². The lowest BCUT2D eigenvalue weighted by atomic mass is 10.1. The summed E-state index contributed by atoms with van der Waals surface area (Å²) in [6, 6.07) is 1.37. The normalized spacial score (nSPS) is 11.1. The lowest BCUT2D eigenvalue weighted by Crippen LogP contribution is -2.23. The molecule has 1 aromatic carbocycles. The van der Waals surface area contributed by atoms with Crippen LogP contribution in [0.15, 0.2) is 22.9 Å². The highest BCUT2D eigenvalue weighted by atomic mass is 19.2. The van der Waals surface area contributed by atoms with E-state index in [2.05, 4.69) is 9.99 Å². The molecule has 0 aliphatic heterocycles. The molecular formula is C11H10F3N3O2. The average molecular weight is 273 g/mol. The number of nitrogens with zero attached hydrogens (tertiary/aromatic N) is 1. The Morgan fingerprint density at radius 3 is 2.42 bits per heavy atom. The van der Waals surface area contributed by atoms with Crippen LogP contribution in [-0.4, -0.2) is 11.9 Å². The number of hydrogen-bond donors (Lipinski definition) is 2. The number of hydrogen-bond acceptors (Lipinski definition) is 3. The minimum Gasteiger partial charge on any atom is -0.367 e. The van der Waals surface area contributed by atoms with Crippen molar-refractivity contribution >= 4 is 18.0 Å². The number of guanidine groups is 1. The minimum atomic E-state index is -1.41. The van der Waals surface area contributed by atoms with E-state index in [1.165, 1.54) is 6.92 Å². The van der Waals surface area contributed by atoms with Crippen molar-refractivity contribution in [1.29, 1.82) is 0 Å². The van der Waals surface area contributed by atoms with E-state index in [0.29, 0.717) is 6.07 Å². The first-order chi connectivity index (χ1) is 8.82. The van der Waals surface area contributed by atoms with Crippen LogP contribution in [-0.2, 0) is 9.63 Å². The molecule has 0 saturated carbocycles. The van der Waals surface area contributed by atoms with Crippen LogP contribution in [0.1, 0.15) is 12.5 Å². The predicted octanol–water partition coefficient (Wildman–Crippen LogP) is 1.24. The van der Waals surface area contributed by atoms with Crippen molar-refractivity contribution in [1.82, 2.24) is 0 Å². The molecule has 1 aromatic rings. The first-order valence-corrected chi connectivity index (χ1v) is 4.95. The molecule has 0 unspecified atom stereocenters. The fraction of sp³-hybridized carbons (Fsp3) is 0.0909. The lowest BCUT2D eigenvalue weighted by Gasteiger charge is -2.02. The molecule has 0 aromatic heterocycles. The second-order valence-electron chi connectivity index (χ2n) is 3.48. The van der Waals surface area contributed by atoms with E-state index < -0.39 is 34.9 Å². The van der Waals surface area contributed by atoms with Crippen LogP contribution in [0.4, 0.5) is 13.2 Å². The van der Waals surface area contributed by atoms with Crippen molar-refractivity contribution in [2.75, 3.05) is 0 Å². The van der Waals surface area contributed by atoms with Crippen LogP contribution in [0, 0.1) is 17.5 Å². The second kappa shape index (κ2) is 5.89. The number of nitrogens with two attached hydrogens (primary N) is 2. The predicted molar refractivity (Wildman–Crippen MR) is 61.9 cm³/mol. The summed E-state index contributed by atoms with van der Waals surface area (Å²) < 4.78 is 39.5. The average Bonchev–Trinajstić information content (AvgIpc) is 2.36. The van der Waals surface area contributed by atoms with Gasteiger partial charge in [-0.3, -0.25) is 0 Å². The number of rotatable bonds is 3. The van der Waals surface area contributed by atoms with Gasteiger partial charge in [-0.05, 0) is 30.3 Å². The first kappa shape index (κ1) is 14.6. The molecule has 0 saturated heterocycles. The third-order valence-electron chi connectivity index (χ3n) is 2.00. The topological polar surface area (TPSA) is 90.7 Å². The molecule has 0 radical (unpaired) electrons. The molecule has 0 fully saturated rings. The van der Waals surface area contributed by atoms with E-state index >= 15 is 0 Å². The molecule has 0 heterocycles. The third-order valence-corrected chi connectivity index (χ3v) is 2.00. The molecule has 5 nitrogen and oxygen atoms in total. The van der Waals surface area contributed by atoms with E-state index in [4.69, 9.17) is 11.5 Å². The third kappa shape index (κ3) is 3.73. The number of benzene rings is 1. The second-order valence-corrected chi connectivity index (χ2v) is 3.48. The molecule has 0 atom stereocenters. The van der Waals surface area contributed by atoms with Crippen LogP contribution in [0.3, 0.4) is 0 Å². The molecule has 4 N–H and O–H groups in total. The van der Waals surface area contributed by atoms with Crippen LogP contribution >= 0.6 is 0 Å². The summed E-state index contributed by atoms with van der Waals surface area (Å²) in [5.41, 5.74) is 8.94. The molecule has 0 spiro atoms. The standard InChI is InChI=1S/C11H10F3N3O2/c1-5(10(18)19-17-11(15)16)4-6-7(12)2-3-8(13)9(6)14/h2-4H,1H3,(H4,15,16,17)/b5-4+. The van der Waals surface area contributed by atoms with Crippen LogP contribution in [0.5, 0.6) is 0 Å². The summed E-state index contributed by atoms with van der Waals surface area (Å²) >= 11 is 0. The maximum Gasteiger partial charge on any atom is 0.361 e. The highest BCUT2D eigenvalue weighted by molar-refractivity contribution is 5.93. The van der Waals surface area contributed by atoms with Gasteiger partial charge < -0.3 is 16.3 Å². The van der Waals surface area contributed by atoms with Gasteiger partial charge in [-0.2, -0.15) is 0 Å². The van der Waals surface area contributed by atoms with Crippen molar-refractivity contribution < 1.29 is 22.8 Å². The van der Waals surface area contributed by atoms with Crippen LogP contribution in [0.2, 0.25) is 0 Å². The van der Waals surface area contributed by atoms with Crippen molar-refractivity contribution in [2.45, 2.75) is 6.92 Å². The molecule has 0 bridgehead atoms. The smallest absolute Gasteiger partial charge is 0.361 e. The Morgan fingerprint density at radius 2 is 1.84 bits per heavy atom. The van der Waals surface area contributed by atoms with Gasteiger partial charge in [0, 0.05) is 11.1 Å².